The number of carboxylic acid groups (broad SMARTS) is 1. The standard InChI is InChI=1S/C28H27ClFN3O3/c1-17-14-18(6-12-22(17)30)16-31-28(36)20-9-13-23-25(15-20)32-24(4-2-3-5-26(34)35)27(33-23)19-7-10-21(29)11-8-19/h6-13,15,17H,2-5,14,16H2,1H3,(H,31,36)(H,34,35). The zero-order chi connectivity index (χ0) is 25.7. The number of carbonyl (C=O) groups excluding carboxylic acids is 1. The highest BCUT2D eigenvalue weighted by Crippen LogP contribution is 2.27. The number of halogens is 2. The van der Waals surface area contributed by atoms with Gasteiger partial charge < -0.3 is 10.4 Å². The second kappa shape index (κ2) is 11.4. The van der Waals surface area contributed by atoms with Crippen molar-refractivity contribution >= 4 is 34.5 Å². The zero-order valence-corrected chi connectivity index (χ0v) is 20.7. The normalized spacial score (nSPS) is 15.4. The molecule has 3 aromatic rings. The molecule has 1 aliphatic carbocycles. The van der Waals surface area contributed by atoms with E-state index in [-0.39, 0.29) is 24.1 Å². The lowest BCUT2D eigenvalue weighted by Crippen LogP contribution is -2.26. The molecule has 0 bridgehead atoms. The van der Waals surface area contributed by atoms with Crippen LogP contribution in [0.25, 0.3) is 22.3 Å². The fourth-order valence-electron chi connectivity index (χ4n) is 4.16. The third-order valence-electron chi connectivity index (χ3n) is 6.16. The number of allylic oxidation sites excluding steroid dienone is 3. The first-order valence-electron chi connectivity index (χ1n) is 11.9. The summed E-state index contributed by atoms with van der Waals surface area (Å²) in [6, 6.07) is 12.5. The van der Waals surface area contributed by atoms with Gasteiger partial charge in [-0.25, -0.2) is 14.4 Å². The van der Waals surface area contributed by atoms with Crippen LogP contribution in [0.5, 0.6) is 0 Å². The predicted octanol–water partition coefficient (Wildman–Crippen LogP) is 6.30. The van der Waals surface area contributed by atoms with Gasteiger partial charge in [-0.1, -0.05) is 42.3 Å². The molecule has 0 fully saturated rings. The molecular formula is C28H27ClFN3O3. The molecule has 6 nitrogen and oxygen atoms in total. The molecule has 4 rings (SSSR count). The highest BCUT2D eigenvalue weighted by Gasteiger charge is 2.17. The Balaban J connectivity index is 1.57. The molecular weight excluding hydrogens is 481 g/mol. The Hall–Kier alpha value is -3.58. The molecule has 2 aromatic carbocycles. The van der Waals surface area contributed by atoms with Crippen LogP contribution >= 0.6 is 11.6 Å². The van der Waals surface area contributed by atoms with Gasteiger partial charge >= 0.3 is 5.97 Å². The van der Waals surface area contributed by atoms with E-state index in [4.69, 9.17) is 26.7 Å². The summed E-state index contributed by atoms with van der Waals surface area (Å²) in [5, 5.41) is 12.5. The topological polar surface area (TPSA) is 92.2 Å². The number of hydrogen-bond acceptors (Lipinski definition) is 4. The fourth-order valence-corrected chi connectivity index (χ4v) is 4.29. The number of aromatic nitrogens is 2. The van der Waals surface area contributed by atoms with E-state index in [1.165, 1.54) is 6.08 Å². The molecule has 8 heteroatoms. The Labute approximate surface area is 213 Å². The van der Waals surface area contributed by atoms with Crippen LogP contribution in [0.4, 0.5) is 4.39 Å². The quantitative estimate of drug-likeness (QED) is 0.332. The maximum absolute atomic E-state index is 13.6. The molecule has 1 unspecified atom stereocenters. The summed E-state index contributed by atoms with van der Waals surface area (Å²) in [5.74, 6) is -1.39. The molecule has 0 spiro atoms. The fraction of sp³-hybridized carbons (Fsp3) is 0.286. The first-order chi connectivity index (χ1) is 17.3. The third kappa shape index (κ3) is 6.34. The van der Waals surface area contributed by atoms with E-state index in [1.807, 2.05) is 19.1 Å². The number of aliphatic carboxylic acids is 1. The van der Waals surface area contributed by atoms with Crippen molar-refractivity contribution in [1.82, 2.24) is 15.3 Å². The number of amides is 1. The largest absolute Gasteiger partial charge is 0.481 e. The number of nitrogens with zero attached hydrogens (tertiary/aromatic N) is 2. The molecule has 186 valence electrons. The minimum absolute atomic E-state index is 0.0965. The van der Waals surface area contributed by atoms with Gasteiger partial charge in [0.15, 0.2) is 0 Å². The molecule has 36 heavy (non-hydrogen) atoms. The number of fused-ring (bicyclic) bond motifs is 1. The number of benzene rings is 2. The highest BCUT2D eigenvalue weighted by molar-refractivity contribution is 6.30. The van der Waals surface area contributed by atoms with Crippen molar-refractivity contribution < 1.29 is 19.1 Å². The third-order valence-corrected chi connectivity index (χ3v) is 6.42. The zero-order valence-electron chi connectivity index (χ0n) is 19.9. The summed E-state index contributed by atoms with van der Waals surface area (Å²) < 4.78 is 13.6. The first kappa shape index (κ1) is 25.5. The highest BCUT2D eigenvalue weighted by atomic mass is 35.5. The van der Waals surface area contributed by atoms with E-state index >= 15 is 0 Å². The second-order valence-electron chi connectivity index (χ2n) is 8.99. The average Bonchev–Trinajstić information content (AvgIpc) is 2.86. The Morgan fingerprint density at radius 1 is 1.08 bits per heavy atom. The lowest BCUT2D eigenvalue weighted by atomic mass is 9.95. The molecule has 0 saturated heterocycles. The maximum atomic E-state index is 13.6. The van der Waals surface area contributed by atoms with Crippen LogP contribution < -0.4 is 5.32 Å². The van der Waals surface area contributed by atoms with Gasteiger partial charge in [-0.2, -0.15) is 0 Å². The van der Waals surface area contributed by atoms with Gasteiger partial charge in [0, 0.05) is 35.0 Å². The number of carboxylic acids is 1. The summed E-state index contributed by atoms with van der Waals surface area (Å²) in [6.45, 7) is 2.17. The van der Waals surface area contributed by atoms with Gasteiger partial charge in [-0.3, -0.25) is 9.59 Å². The molecule has 0 radical (unpaired) electrons. The van der Waals surface area contributed by atoms with Crippen LogP contribution in [-0.4, -0.2) is 33.5 Å². The number of hydrogen-bond donors (Lipinski definition) is 2. The smallest absolute Gasteiger partial charge is 0.303 e. The van der Waals surface area contributed by atoms with Crippen molar-refractivity contribution in [2.75, 3.05) is 6.54 Å². The Morgan fingerprint density at radius 2 is 1.86 bits per heavy atom. The van der Waals surface area contributed by atoms with Crippen LogP contribution in [0.3, 0.4) is 0 Å². The van der Waals surface area contributed by atoms with Crippen molar-refractivity contribution in [2.45, 2.75) is 39.0 Å². The molecule has 0 saturated carbocycles. The van der Waals surface area contributed by atoms with Crippen LogP contribution in [0.15, 0.2) is 66.0 Å². The number of unbranched alkanes of at least 4 members (excludes halogenated alkanes) is 1. The number of nitrogens with one attached hydrogen (secondary N) is 1. The van der Waals surface area contributed by atoms with Crippen LogP contribution in [-0.2, 0) is 11.2 Å². The van der Waals surface area contributed by atoms with Crippen molar-refractivity contribution in [3.63, 3.8) is 0 Å². The summed E-state index contributed by atoms with van der Waals surface area (Å²) in [5.41, 5.74) is 4.98. The molecule has 1 aromatic heterocycles. The number of aryl methyl sites for hydroxylation is 1. The SMILES string of the molecule is CC1CC(CNC(=O)c2ccc3nc(-c4ccc(Cl)cc4)c(CCCCC(=O)O)nc3c2)=CC=C1F. The van der Waals surface area contributed by atoms with E-state index in [0.717, 1.165) is 16.8 Å². The van der Waals surface area contributed by atoms with Crippen molar-refractivity contribution in [3.8, 4) is 11.3 Å². The van der Waals surface area contributed by atoms with Crippen molar-refractivity contribution in [1.29, 1.82) is 0 Å². The van der Waals surface area contributed by atoms with Crippen molar-refractivity contribution in [2.24, 2.45) is 5.92 Å². The van der Waals surface area contributed by atoms with E-state index in [9.17, 15) is 14.0 Å². The molecule has 1 amide bonds. The minimum Gasteiger partial charge on any atom is -0.481 e. The minimum atomic E-state index is -0.826. The maximum Gasteiger partial charge on any atom is 0.303 e. The lowest BCUT2D eigenvalue weighted by molar-refractivity contribution is -0.137. The predicted molar refractivity (Wildman–Crippen MR) is 139 cm³/mol. The Kier molecular flexibility index (Phi) is 8.10. The van der Waals surface area contributed by atoms with E-state index in [1.54, 1.807) is 36.4 Å². The van der Waals surface area contributed by atoms with Gasteiger partial charge in [0.1, 0.15) is 5.83 Å². The molecule has 2 N–H and O–H groups in total. The monoisotopic (exact) mass is 507 g/mol. The van der Waals surface area contributed by atoms with E-state index in [2.05, 4.69) is 5.32 Å². The Morgan fingerprint density at radius 3 is 2.58 bits per heavy atom. The van der Waals surface area contributed by atoms with Gasteiger partial charge in [-0.05, 0) is 62.1 Å². The first-order valence-corrected chi connectivity index (χ1v) is 12.3. The lowest BCUT2D eigenvalue weighted by Gasteiger charge is -2.17. The van der Waals surface area contributed by atoms with E-state index in [0.29, 0.717) is 59.5 Å². The Bertz CT molecular complexity index is 1350. The summed E-state index contributed by atoms with van der Waals surface area (Å²) >= 11 is 6.05. The van der Waals surface area contributed by atoms with Gasteiger partial charge in [0.2, 0.25) is 0 Å². The molecule has 1 atom stereocenters. The van der Waals surface area contributed by atoms with Crippen LogP contribution in [0.1, 0.15) is 48.7 Å². The number of carbonyl (C=O) groups is 2. The van der Waals surface area contributed by atoms with E-state index < -0.39 is 5.97 Å². The molecule has 1 heterocycles. The van der Waals surface area contributed by atoms with Gasteiger partial charge in [0.25, 0.3) is 5.91 Å². The van der Waals surface area contributed by atoms with Crippen molar-refractivity contribution in [3.05, 3.63) is 82.3 Å². The van der Waals surface area contributed by atoms with Gasteiger partial charge in [0.05, 0.1) is 22.4 Å². The van der Waals surface area contributed by atoms with Crippen LogP contribution in [0, 0.1) is 5.92 Å². The summed E-state index contributed by atoms with van der Waals surface area (Å²) in [4.78, 5) is 33.3. The number of rotatable bonds is 9. The second-order valence-corrected chi connectivity index (χ2v) is 9.43. The average molecular weight is 508 g/mol. The van der Waals surface area contributed by atoms with Gasteiger partial charge in [-0.15, -0.1) is 0 Å². The molecule has 0 aliphatic heterocycles. The van der Waals surface area contributed by atoms with Crippen LogP contribution in [0.2, 0.25) is 5.02 Å². The molecule has 1 aliphatic rings. The summed E-state index contributed by atoms with van der Waals surface area (Å²) in [6.07, 6.45) is 5.58. The summed E-state index contributed by atoms with van der Waals surface area (Å²) in [7, 11) is 0.